The van der Waals surface area contributed by atoms with Crippen LogP contribution in [-0.4, -0.2) is 40.3 Å². The van der Waals surface area contributed by atoms with Crippen molar-refractivity contribution >= 4 is 21.6 Å². The Hall–Kier alpha value is -2.61. The lowest BCUT2D eigenvalue weighted by molar-refractivity contribution is -0.122. The van der Waals surface area contributed by atoms with E-state index < -0.39 is 27.8 Å². The highest BCUT2D eigenvalue weighted by atomic mass is 32.2. The maximum absolute atomic E-state index is 14.2. The Morgan fingerprint density at radius 2 is 1.83 bits per heavy atom. The summed E-state index contributed by atoms with van der Waals surface area (Å²) in [7, 11) is -2.26. The highest BCUT2D eigenvalue weighted by Gasteiger charge is 2.32. The maximum Gasteiger partial charge on any atom is 0.243 e. The molecule has 0 aromatic heterocycles. The second-order valence-corrected chi connectivity index (χ2v) is 8.50. The molecular formula is C21H27FN2O4S. The molecule has 0 heterocycles. The zero-order valence-corrected chi connectivity index (χ0v) is 17.7. The molecule has 2 aromatic carbocycles. The van der Waals surface area contributed by atoms with Crippen molar-refractivity contribution in [2.75, 3.05) is 24.2 Å². The molecule has 2 rings (SSSR count). The van der Waals surface area contributed by atoms with Crippen molar-refractivity contribution in [3.05, 3.63) is 59.9 Å². The lowest BCUT2D eigenvalue weighted by Gasteiger charge is -2.30. The number of sulfonamides is 1. The molecule has 0 fully saturated rings. The van der Waals surface area contributed by atoms with Gasteiger partial charge in [0.25, 0.3) is 0 Å². The van der Waals surface area contributed by atoms with Crippen LogP contribution in [0.15, 0.2) is 48.5 Å². The number of nitrogens with zero attached hydrogens (tertiary/aromatic N) is 1. The van der Waals surface area contributed by atoms with E-state index in [1.165, 1.54) is 24.3 Å². The van der Waals surface area contributed by atoms with Crippen molar-refractivity contribution in [2.24, 2.45) is 0 Å². The number of carbonyl (C=O) groups is 1. The molecule has 0 spiro atoms. The molecule has 0 aliphatic heterocycles. The Balaban J connectivity index is 2.07. The Morgan fingerprint density at radius 1 is 1.17 bits per heavy atom. The quantitative estimate of drug-likeness (QED) is 0.597. The van der Waals surface area contributed by atoms with E-state index in [0.29, 0.717) is 19.4 Å². The van der Waals surface area contributed by atoms with Crippen molar-refractivity contribution in [1.82, 2.24) is 5.32 Å². The van der Waals surface area contributed by atoms with Gasteiger partial charge in [0.05, 0.1) is 19.1 Å². The molecule has 1 unspecified atom stereocenters. The number of para-hydroxylation sites is 2. The number of amides is 1. The first-order chi connectivity index (χ1) is 13.8. The highest BCUT2D eigenvalue weighted by Crippen LogP contribution is 2.25. The van der Waals surface area contributed by atoms with Crippen molar-refractivity contribution < 1.29 is 22.3 Å². The van der Waals surface area contributed by atoms with Gasteiger partial charge in [-0.3, -0.25) is 9.10 Å². The molecule has 29 heavy (non-hydrogen) atoms. The van der Waals surface area contributed by atoms with Gasteiger partial charge >= 0.3 is 0 Å². The number of benzene rings is 2. The molecule has 1 amide bonds. The number of hydrogen-bond acceptors (Lipinski definition) is 4. The molecule has 0 saturated carbocycles. The molecule has 2 aromatic rings. The monoisotopic (exact) mass is 422 g/mol. The third-order valence-corrected chi connectivity index (χ3v) is 5.70. The van der Waals surface area contributed by atoms with Crippen molar-refractivity contribution in [2.45, 2.75) is 32.2 Å². The molecular weight excluding hydrogens is 395 g/mol. The minimum absolute atomic E-state index is 0.133. The number of hydrogen-bond donors (Lipinski definition) is 1. The minimum Gasteiger partial charge on any atom is -0.496 e. The summed E-state index contributed by atoms with van der Waals surface area (Å²) in [5, 5.41) is 2.77. The summed E-state index contributed by atoms with van der Waals surface area (Å²) in [6.07, 6.45) is 2.53. The maximum atomic E-state index is 14.2. The predicted octanol–water partition coefficient (Wildman–Crippen LogP) is 3.13. The third-order valence-electron chi connectivity index (χ3n) is 4.53. The van der Waals surface area contributed by atoms with Gasteiger partial charge in [-0.1, -0.05) is 37.3 Å². The Labute approximate surface area is 171 Å². The van der Waals surface area contributed by atoms with Crippen LogP contribution >= 0.6 is 0 Å². The third kappa shape index (κ3) is 5.93. The lowest BCUT2D eigenvalue weighted by Crippen LogP contribution is -2.49. The summed E-state index contributed by atoms with van der Waals surface area (Å²) < 4.78 is 45.1. The molecule has 0 aliphatic carbocycles. The standard InChI is InChI=1S/C21H27FN2O4S/c1-4-18(24(29(3,26)27)19-13-7-6-12-17(19)22)21(25)23-15-9-11-16-10-5-8-14-20(16)28-2/h5-8,10,12-14,18H,4,9,11,15H2,1-3H3,(H,23,25). The van der Waals surface area contributed by atoms with E-state index in [0.717, 1.165) is 21.9 Å². The lowest BCUT2D eigenvalue weighted by atomic mass is 10.1. The number of rotatable bonds is 10. The van der Waals surface area contributed by atoms with Crippen LogP contribution in [0.1, 0.15) is 25.3 Å². The van der Waals surface area contributed by atoms with Gasteiger partial charge in [-0.25, -0.2) is 12.8 Å². The number of anilines is 1. The van der Waals surface area contributed by atoms with Crippen LogP contribution < -0.4 is 14.4 Å². The van der Waals surface area contributed by atoms with Gasteiger partial charge in [0.2, 0.25) is 15.9 Å². The SMILES string of the molecule is CCC(C(=O)NCCCc1ccccc1OC)N(c1ccccc1F)S(C)(=O)=O. The summed E-state index contributed by atoms with van der Waals surface area (Å²) >= 11 is 0. The number of carbonyl (C=O) groups excluding carboxylic acids is 1. The van der Waals surface area contributed by atoms with Crippen molar-refractivity contribution in [3.8, 4) is 5.75 Å². The average Bonchev–Trinajstić information content (AvgIpc) is 2.69. The Kier molecular flexibility index (Phi) is 8.01. The molecule has 0 radical (unpaired) electrons. The number of methoxy groups -OCH3 is 1. The smallest absolute Gasteiger partial charge is 0.243 e. The van der Waals surface area contributed by atoms with E-state index in [-0.39, 0.29) is 12.1 Å². The average molecular weight is 423 g/mol. The second-order valence-electron chi connectivity index (χ2n) is 6.64. The summed E-state index contributed by atoms with van der Waals surface area (Å²) in [6.45, 7) is 2.06. The zero-order chi connectivity index (χ0) is 21.4. The molecule has 0 bridgehead atoms. The van der Waals surface area contributed by atoms with E-state index in [9.17, 15) is 17.6 Å². The topological polar surface area (TPSA) is 75.7 Å². The van der Waals surface area contributed by atoms with Crippen LogP contribution in [0.5, 0.6) is 5.75 Å². The number of nitrogens with one attached hydrogen (secondary N) is 1. The number of ether oxygens (including phenoxy) is 1. The van der Waals surface area contributed by atoms with Crippen LogP contribution in [0.25, 0.3) is 0 Å². The fraction of sp³-hybridized carbons (Fsp3) is 0.381. The molecule has 1 N–H and O–H groups in total. The van der Waals surface area contributed by atoms with Gasteiger partial charge in [0.1, 0.15) is 17.6 Å². The largest absolute Gasteiger partial charge is 0.496 e. The van der Waals surface area contributed by atoms with E-state index in [1.54, 1.807) is 14.0 Å². The van der Waals surface area contributed by atoms with Gasteiger partial charge in [-0.05, 0) is 43.0 Å². The predicted molar refractivity (Wildman–Crippen MR) is 112 cm³/mol. The fourth-order valence-corrected chi connectivity index (χ4v) is 4.40. The van der Waals surface area contributed by atoms with Gasteiger partial charge in [-0.2, -0.15) is 0 Å². The highest BCUT2D eigenvalue weighted by molar-refractivity contribution is 7.92. The van der Waals surface area contributed by atoms with Gasteiger partial charge in [0, 0.05) is 6.54 Å². The van der Waals surface area contributed by atoms with Gasteiger partial charge < -0.3 is 10.1 Å². The van der Waals surface area contributed by atoms with Crippen LogP contribution in [0.3, 0.4) is 0 Å². The summed E-state index contributed by atoms with van der Waals surface area (Å²) in [6, 6.07) is 12.1. The molecule has 0 saturated heterocycles. The first-order valence-electron chi connectivity index (χ1n) is 9.43. The molecule has 158 valence electrons. The number of halogens is 1. The summed E-state index contributed by atoms with van der Waals surface area (Å²) in [4.78, 5) is 12.7. The molecule has 0 aliphatic rings. The van der Waals surface area contributed by atoms with Crippen molar-refractivity contribution in [3.63, 3.8) is 0 Å². The molecule has 1 atom stereocenters. The van der Waals surface area contributed by atoms with E-state index in [1.807, 2.05) is 24.3 Å². The van der Waals surface area contributed by atoms with Crippen molar-refractivity contribution in [1.29, 1.82) is 0 Å². The first kappa shape index (κ1) is 22.7. The van der Waals surface area contributed by atoms with Crippen LogP contribution in [0, 0.1) is 5.82 Å². The van der Waals surface area contributed by atoms with E-state index >= 15 is 0 Å². The summed E-state index contributed by atoms with van der Waals surface area (Å²) in [5.41, 5.74) is 0.895. The van der Waals surface area contributed by atoms with Crippen LogP contribution in [0.4, 0.5) is 10.1 Å². The normalized spacial score (nSPS) is 12.3. The van der Waals surface area contributed by atoms with E-state index in [2.05, 4.69) is 5.32 Å². The van der Waals surface area contributed by atoms with Gasteiger partial charge in [0.15, 0.2) is 0 Å². The number of aryl methyl sites for hydroxylation is 1. The zero-order valence-electron chi connectivity index (χ0n) is 16.9. The molecule has 8 heteroatoms. The van der Waals surface area contributed by atoms with E-state index in [4.69, 9.17) is 4.74 Å². The minimum atomic E-state index is -3.86. The second kappa shape index (κ2) is 10.2. The van der Waals surface area contributed by atoms with Crippen LogP contribution in [0.2, 0.25) is 0 Å². The van der Waals surface area contributed by atoms with Gasteiger partial charge in [-0.15, -0.1) is 0 Å². The fourth-order valence-electron chi connectivity index (χ4n) is 3.18. The Bertz CT molecular complexity index is 934. The molecule has 6 nitrogen and oxygen atoms in total. The Morgan fingerprint density at radius 3 is 2.45 bits per heavy atom. The van der Waals surface area contributed by atoms with Crippen LogP contribution in [-0.2, 0) is 21.2 Å². The summed E-state index contributed by atoms with van der Waals surface area (Å²) in [5.74, 6) is -0.366. The first-order valence-corrected chi connectivity index (χ1v) is 11.3.